The highest BCUT2D eigenvalue weighted by molar-refractivity contribution is 6.31. The molecule has 16 nitrogen and oxygen atoms in total. The van der Waals surface area contributed by atoms with Crippen molar-refractivity contribution in [1.29, 1.82) is 0 Å². The van der Waals surface area contributed by atoms with E-state index in [-0.39, 0.29) is 24.6 Å². The summed E-state index contributed by atoms with van der Waals surface area (Å²) >= 11 is 12.4. The second-order valence-corrected chi connectivity index (χ2v) is 18.0. The molecule has 0 atom stereocenters. The molecule has 10 aromatic rings. The van der Waals surface area contributed by atoms with Crippen LogP contribution in [0, 0.1) is 39.3 Å². The zero-order valence-corrected chi connectivity index (χ0v) is 41.8. The van der Waals surface area contributed by atoms with Gasteiger partial charge in [-0.25, -0.2) is 28.7 Å². The van der Waals surface area contributed by atoms with Crippen LogP contribution in [0.15, 0.2) is 110 Å². The van der Waals surface area contributed by atoms with Gasteiger partial charge in [0.15, 0.2) is 34.4 Å². The molecule has 0 aliphatic rings. The molecule has 0 bridgehead atoms. The molecule has 4 aromatic carbocycles. The summed E-state index contributed by atoms with van der Waals surface area (Å²) in [6, 6.07) is 27.1. The largest absolute Gasteiger partial charge is 0.494 e. The number of aromatic nitrogens is 12. The summed E-state index contributed by atoms with van der Waals surface area (Å²) in [4.78, 5) is 17.2. The molecule has 0 saturated carbocycles. The standard InChI is InChI=1S/2C26H25ClFN7O/c2*1-16-10-17(2)35(32-16)13-19-6-4-18(5-7-19)12-34-14-21-25(30-15-31-26(21)33-34)29-11-20-22(27)8-9-23(36-3)24(20)28/h2*4-10,14-15H,11-13H2,1-3H3,(H,29,30,31,33). The highest BCUT2D eigenvalue weighted by Crippen LogP contribution is 2.30. The maximum atomic E-state index is 14.7. The minimum absolute atomic E-state index is 0.135. The summed E-state index contributed by atoms with van der Waals surface area (Å²) in [5.74, 6) is 0.365. The summed E-state index contributed by atoms with van der Waals surface area (Å²) in [6.07, 6.45) is 6.62. The molecule has 0 saturated heterocycles. The number of hydrogen-bond acceptors (Lipinski definition) is 12. The number of methoxy groups -OCH3 is 2. The fourth-order valence-corrected chi connectivity index (χ4v) is 8.66. The van der Waals surface area contributed by atoms with Crippen LogP contribution < -0.4 is 20.1 Å². The van der Waals surface area contributed by atoms with Crippen molar-refractivity contribution in [2.75, 3.05) is 24.9 Å². The van der Waals surface area contributed by atoms with E-state index in [4.69, 9.17) is 32.7 Å². The van der Waals surface area contributed by atoms with Crippen molar-refractivity contribution in [3.63, 3.8) is 0 Å². The van der Waals surface area contributed by atoms with E-state index < -0.39 is 11.6 Å². The van der Waals surface area contributed by atoms with E-state index in [0.717, 1.165) is 57.8 Å². The minimum atomic E-state index is -0.500. The van der Waals surface area contributed by atoms with Crippen molar-refractivity contribution in [2.24, 2.45) is 0 Å². The van der Waals surface area contributed by atoms with Crippen LogP contribution in [0.1, 0.15) is 56.2 Å². The number of ether oxygens (including phenoxy) is 2. The maximum Gasteiger partial charge on any atom is 0.186 e. The number of halogens is 4. The van der Waals surface area contributed by atoms with Crippen molar-refractivity contribution >= 4 is 56.9 Å². The smallest absolute Gasteiger partial charge is 0.186 e. The second kappa shape index (κ2) is 21.6. The molecule has 72 heavy (non-hydrogen) atoms. The van der Waals surface area contributed by atoms with Crippen molar-refractivity contribution in [2.45, 2.75) is 67.0 Å². The zero-order chi connectivity index (χ0) is 50.5. The first-order chi connectivity index (χ1) is 34.8. The summed E-state index contributed by atoms with van der Waals surface area (Å²) in [5, 5.41) is 26.6. The lowest BCUT2D eigenvalue weighted by Crippen LogP contribution is -2.06. The van der Waals surface area contributed by atoms with Crippen LogP contribution in [-0.4, -0.2) is 73.3 Å². The summed E-state index contributed by atoms with van der Waals surface area (Å²) in [6.45, 7) is 11.0. The Hall–Kier alpha value is -7.96. The van der Waals surface area contributed by atoms with Gasteiger partial charge in [-0.1, -0.05) is 71.7 Å². The Balaban J connectivity index is 0.000000178. The number of nitrogens with zero attached hydrogens (tertiary/aromatic N) is 12. The fraction of sp³-hybridized carbons (Fsp3) is 0.231. The number of benzene rings is 4. The average molecular weight is 1010 g/mol. The molecule has 0 radical (unpaired) electrons. The van der Waals surface area contributed by atoms with E-state index in [1.165, 1.54) is 50.1 Å². The van der Waals surface area contributed by atoms with Gasteiger partial charge in [0.2, 0.25) is 0 Å². The molecular formula is C52H50Cl2F2N14O2. The molecule has 368 valence electrons. The van der Waals surface area contributed by atoms with Crippen LogP contribution >= 0.6 is 23.2 Å². The van der Waals surface area contributed by atoms with Crippen molar-refractivity contribution in [1.82, 2.24) is 59.1 Å². The quantitative estimate of drug-likeness (QED) is 0.0943. The van der Waals surface area contributed by atoms with Gasteiger partial charge in [0.1, 0.15) is 24.3 Å². The predicted octanol–water partition coefficient (Wildman–Crippen LogP) is 10.3. The summed E-state index contributed by atoms with van der Waals surface area (Å²) in [7, 11) is 2.83. The Morgan fingerprint density at radius 1 is 0.500 bits per heavy atom. The van der Waals surface area contributed by atoms with E-state index in [2.05, 4.69) is 125 Å². The molecule has 10 rings (SSSR count). The molecular weight excluding hydrogens is 962 g/mol. The Morgan fingerprint density at radius 2 is 0.875 bits per heavy atom. The summed E-state index contributed by atoms with van der Waals surface area (Å²) in [5.41, 5.74) is 10.6. The third kappa shape index (κ3) is 11.1. The lowest BCUT2D eigenvalue weighted by molar-refractivity contribution is 0.384. The number of aryl methyl sites for hydroxylation is 4. The van der Waals surface area contributed by atoms with Crippen molar-refractivity contribution < 1.29 is 18.3 Å². The predicted molar refractivity (Wildman–Crippen MR) is 274 cm³/mol. The molecule has 0 unspecified atom stereocenters. The van der Waals surface area contributed by atoms with E-state index in [0.29, 0.717) is 57.2 Å². The van der Waals surface area contributed by atoms with Gasteiger partial charge in [-0.3, -0.25) is 18.7 Å². The van der Waals surface area contributed by atoms with E-state index in [1.54, 1.807) is 12.1 Å². The Bertz CT molecular complexity index is 3290. The van der Waals surface area contributed by atoms with Crippen molar-refractivity contribution in [3.8, 4) is 11.5 Å². The SMILES string of the molecule is COc1ccc(Cl)c(CNc2ncnc3nn(Cc4ccc(Cn5nc(C)cc5C)cc4)cc23)c1F.COc1ccc(Cl)c(CNc2ncnc3nn(Cc4ccc(Cn5nc(C)cc5C)cc4)cc23)c1F. The van der Waals surface area contributed by atoms with Crippen LogP contribution in [-0.2, 0) is 39.3 Å². The fourth-order valence-electron chi connectivity index (χ4n) is 8.24. The summed E-state index contributed by atoms with van der Waals surface area (Å²) < 4.78 is 47.1. The van der Waals surface area contributed by atoms with Gasteiger partial charge >= 0.3 is 0 Å². The Kier molecular flexibility index (Phi) is 14.7. The topological polar surface area (TPSA) is 165 Å². The van der Waals surface area contributed by atoms with Crippen LogP contribution in [0.4, 0.5) is 20.4 Å². The minimum Gasteiger partial charge on any atom is -0.494 e. The number of rotatable bonds is 16. The number of hydrogen-bond donors (Lipinski definition) is 2. The number of anilines is 2. The lowest BCUT2D eigenvalue weighted by Gasteiger charge is -2.11. The first-order valence-electron chi connectivity index (χ1n) is 22.9. The van der Waals surface area contributed by atoms with Gasteiger partial charge in [0.25, 0.3) is 0 Å². The zero-order valence-electron chi connectivity index (χ0n) is 40.3. The Labute approximate surface area is 423 Å². The molecule has 0 fully saturated rings. The third-order valence-electron chi connectivity index (χ3n) is 11.9. The van der Waals surface area contributed by atoms with Gasteiger partial charge in [-0.15, -0.1) is 0 Å². The molecule has 2 N–H and O–H groups in total. The molecule has 0 spiro atoms. The molecule has 0 aliphatic carbocycles. The normalized spacial score (nSPS) is 11.2. The van der Waals surface area contributed by atoms with Crippen LogP contribution in [0.3, 0.4) is 0 Å². The lowest BCUT2D eigenvalue weighted by atomic mass is 10.1. The first-order valence-corrected chi connectivity index (χ1v) is 23.6. The van der Waals surface area contributed by atoms with Crippen LogP contribution in [0.5, 0.6) is 11.5 Å². The third-order valence-corrected chi connectivity index (χ3v) is 12.6. The number of nitrogens with one attached hydrogen (secondary N) is 2. The maximum absolute atomic E-state index is 14.7. The van der Waals surface area contributed by atoms with Crippen molar-refractivity contribution in [3.05, 3.63) is 188 Å². The molecule has 6 aromatic heterocycles. The van der Waals surface area contributed by atoms with E-state index in [1.807, 2.05) is 45.0 Å². The highest BCUT2D eigenvalue weighted by Gasteiger charge is 2.17. The van der Waals surface area contributed by atoms with Crippen LogP contribution in [0.25, 0.3) is 22.1 Å². The van der Waals surface area contributed by atoms with E-state index >= 15 is 0 Å². The molecule has 20 heteroatoms. The first kappa shape index (κ1) is 49.0. The second-order valence-electron chi connectivity index (χ2n) is 17.2. The highest BCUT2D eigenvalue weighted by atomic mass is 35.5. The average Bonchev–Trinajstić information content (AvgIpc) is 4.14. The number of fused-ring (bicyclic) bond motifs is 2. The van der Waals surface area contributed by atoms with Gasteiger partial charge in [-0.2, -0.15) is 20.4 Å². The van der Waals surface area contributed by atoms with Crippen LogP contribution in [0.2, 0.25) is 10.0 Å². The van der Waals surface area contributed by atoms with Gasteiger partial charge in [0, 0.05) is 58.0 Å². The van der Waals surface area contributed by atoms with Gasteiger partial charge in [0.05, 0.1) is 62.6 Å². The molecule has 6 heterocycles. The van der Waals surface area contributed by atoms with Gasteiger partial charge < -0.3 is 20.1 Å². The molecule has 0 amide bonds. The van der Waals surface area contributed by atoms with E-state index in [9.17, 15) is 8.78 Å². The monoisotopic (exact) mass is 1010 g/mol. The molecule has 0 aliphatic heterocycles. The van der Waals surface area contributed by atoms with Gasteiger partial charge in [-0.05, 0) is 86.3 Å². The Morgan fingerprint density at radius 3 is 1.22 bits per heavy atom.